The van der Waals surface area contributed by atoms with Crippen molar-refractivity contribution in [3.8, 4) is 0 Å². The van der Waals surface area contributed by atoms with Crippen LogP contribution in [0.3, 0.4) is 0 Å². The largest absolute Gasteiger partial charge is 0.349 e. The molecule has 3 amide bonds. The van der Waals surface area contributed by atoms with Gasteiger partial charge < -0.3 is 20.9 Å². The second-order valence-electron chi connectivity index (χ2n) is 7.64. The number of halogens is 1. The molecule has 2 heterocycles. The van der Waals surface area contributed by atoms with Crippen molar-refractivity contribution in [3.05, 3.63) is 73.9 Å². The van der Waals surface area contributed by atoms with Gasteiger partial charge in [-0.3, -0.25) is 14.4 Å². The van der Waals surface area contributed by atoms with Crippen LogP contribution in [0.5, 0.6) is 0 Å². The minimum absolute atomic E-state index is 0.308. The highest BCUT2D eigenvalue weighted by Gasteiger charge is 2.36. The van der Waals surface area contributed by atoms with Crippen molar-refractivity contribution in [3.63, 3.8) is 0 Å². The van der Waals surface area contributed by atoms with Gasteiger partial charge in [-0.25, -0.2) is 4.98 Å². The molecule has 1 unspecified atom stereocenters. The smallest absolute Gasteiger partial charge is 0.272 e. The van der Waals surface area contributed by atoms with E-state index in [0.29, 0.717) is 22.7 Å². The molecule has 3 atom stereocenters. The predicted molar refractivity (Wildman–Crippen MR) is 125 cm³/mol. The van der Waals surface area contributed by atoms with Crippen molar-refractivity contribution in [2.45, 2.75) is 38.4 Å². The number of H-pyrrole nitrogens is 1. The molecule has 0 bridgehead atoms. The molecular formula is C22H22BrN5O3S. The molecule has 166 valence electrons. The van der Waals surface area contributed by atoms with E-state index in [1.54, 1.807) is 26.0 Å². The minimum atomic E-state index is -0.739. The Labute approximate surface area is 197 Å². The van der Waals surface area contributed by atoms with E-state index in [9.17, 15) is 14.4 Å². The highest BCUT2D eigenvalue weighted by Crippen LogP contribution is 2.32. The monoisotopic (exact) mass is 515 g/mol. The molecule has 3 aromatic rings. The number of carbonyl (C=O) groups is 3. The third-order valence-corrected chi connectivity index (χ3v) is 7.05. The zero-order valence-electron chi connectivity index (χ0n) is 17.4. The molecule has 4 N–H and O–H groups in total. The van der Waals surface area contributed by atoms with Gasteiger partial charge in [0.1, 0.15) is 11.7 Å². The molecule has 2 aromatic heterocycles. The standard InChI is InChI=1S/C22H22BrN5O3S/c1-11-18(25-10-24-11)22(31)28-19-14-6-4-3-5-13(14)9-15(19)27-20(29)12(2)26-21(30)16-7-8-17(23)32-16/h3-8,10,12,15,19H,9H2,1-2H3,(H,24,25)(H,26,30)(H,27,29)(H,28,31)/t12?,15-,19-/m1/s1. The molecule has 10 heteroatoms. The zero-order chi connectivity index (χ0) is 22.8. The molecule has 0 aliphatic heterocycles. The summed E-state index contributed by atoms with van der Waals surface area (Å²) in [6.07, 6.45) is 2.05. The SMILES string of the molecule is Cc1[nH]cnc1C(=O)N[C@@H]1c2ccccc2C[C@H]1NC(=O)C(C)NC(=O)c1ccc(Br)s1. The van der Waals surface area contributed by atoms with Crippen molar-refractivity contribution in [2.24, 2.45) is 0 Å². The van der Waals surface area contributed by atoms with Crippen molar-refractivity contribution in [2.75, 3.05) is 0 Å². The first-order valence-electron chi connectivity index (χ1n) is 10.1. The topological polar surface area (TPSA) is 116 Å². The maximum atomic E-state index is 12.9. The fourth-order valence-electron chi connectivity index (χ4n) is 3.78. The summed E-state index contributed by atoms with van der Waals surface area (Å²) in [5.74, 6) is -0.937. The van der Waals surface area contributed by atoms with Crippen LogP contribution in [-0.4, -0.2) is 39.8 Å². The van der Waals surface area contributed by atoms with Gasteiger partial charge in [-0.05, 0) is 59.5 Å². The highest BCUT2D eigenvalue weighted by molar-refractivity contribution is 9.11. The number of aryl methyl sites for hydroxylation is 1. The zero-order valence-corrected chi connectivity index (χ0v) is 19.8. The fraction of sp³-hybridized carbons (Fsp3) is 0.273. The van der Waals surface area contributed by atoms with Crippen molar-refractivity contribution >= 4 is 45.0 Å². The molecule has 1 aliphatic carbocycles. The lowest BCUT2D eigenvalue weighted by molar-refractivity contribution is -0.123. The number of rotatable bonds is 6. The summed E-state index contributed by atoms with van der Waals surface area (Å²) in [5, 5.41) is 8.74. The lowest BCUT2D eigenvalue weighted by Gasteiger charge is -2.24. The van der Waals surface area contributed by atoms with Gasteiger partial charge in [-0.2, -0.15) is 0 Å². The number of hydrogen-bond donors (Lipinski definition) is 4. The van der Waals surface area contributed by atoms with Crippen LogP contribution in [0, 0.1) is 6.92 Å². The summed E-state index contributed by atoms with van der Waals surface area (Å²) in [4.78, 5) is 45.6. The Bertz CT molecular complexity index is 1170. The average molecular weight is 516 g/mol. The molecule has 0 radical (unpaired) electrons. The van der Waals surface area contributed by atoms with Crippen LogP contribution in [0.2, 0.25) is 0 Å². The number of aromatic amines is 1. The number of carbonyl (C=O) groups excluding carboxylic acids is 3. The number of amides is 3. The molecule has 0 saturated heterocycles. The Morgan fingerprint density at radius 2 is 1.94 bits per heavy atom. The van der Waals surface area contributed by atoms with Crippen LogP contribution in [0.15, 0.2) is 46.5 Å². The van der Waals surface area contributed by atoms with Gasteiger partial charge in [0.25, 0.3) is 11.8 Å². The Morgan fingerprint density at radius 1 is 1.16 bits per heavy atom. The molecule has 0 fully saturated rings. The first-order valence-corrected chi connectivity index (χ1v) is 11.7. The van der Waals surface area contributed by atoms with Gasteiger partial charge in [-0.15, -0.1) is 11.3 Å². The number of thiophene rings is 1. The first-order chi connectivity index (χ1) is 15.3. The van der Waals surface area contributed by atoms with Crippen LogP contribution in [-0.2, 0) is 11.2 Å². The first kappa shape index (κ1) is 22.2. The third kappa shape index (κ3) is 4.61. The van der Waals surface area contributed by atoms with E-state index in [0.717, 1.165) is 14.9 Å². The molecule has 1 aromatic carbocycles. The molecule has 0 saturated carbocycles. The lowest BCUT2D eigenvalue weighted by atomic mass is 10.1. The second kappa shape index (κ2) is 9.25. The fourth-order valence-corrected chi connectivity index (χ4v) is 5.07. The Hall–Kier alpha value is -2.98. The van der Waals surface area contributed by atoms with Crippen molar-refractivity contribution in [1.82, 2.24) is 25.9 Å². The summed E-state index contributed by atoms with van der Waals surface area (Å²) >= 11 is 4.63. The number of nitrogens with one attached hydrogen (secondary N) is 4. The van der Waals surface area contributed by atoms with E-state index >= 15 is 0 Å². The number of hydrogen-bond acceptors (Lipinski definition) is 5. The van der Waals surface area contributed by atoms with Gasteiger partial charge >= 0.3 is 0 Å². The summed E-state index contributed by atoms with van der Waals surface area (Å²) in [5.41, 5.74) is 3.01. The summed E-state index contributed by atoms with van der Waals surface area (Å²) in [6.45, 7) is 3.42. The minimum Gasteiger partial charge on any atom is -0.349 e. The predicted octanol–water partition coefficient (Wildman–Crippen LogP) is 2.87. The van der Waals surface area contributed by atoms with E-state index in [1.807, 2.05) is 24.3 Å². The summed E-state index contributed by atoms with van der Waals surface area (Å²) in [7, 11) is 0. The van der Waals surface area contributed by atoms with Crippen LogP contribution in [0.4, 0.5) is 0 Å². The average Bonchev–Trinajstić information content (AvgIpc) is 3.47. The highest BCUT2D eigenvalue weighted by atomic mass is 79.9. The van der Waals surface area contributed by atoms with Gasteiger partial charge in [0, 0.05) is 5.69 Å². The van der Waals surface area contributed by atoms with Crippen LogP contribution in [0.1, 0.15) is 49.9 Å². The lowest BCUT2D eigenvalue weighted by Crippen LogP contribution is -2.51. The Kier molecular flexibility index (Phi) is 6.43. The molecule has 1 aliphatic rings. The van der Waals surface area contributed by atoms with Crippen molar-refractivity contribution in [1.29, 1.82) is 0 Å². The Balaban J connectivity index is 1.46. The number of aromatic nitrogens is 2. The van der Waals surface area contributed by atoms with Gasteiger partial charge in [0.15, 0.2) is 0 Å². The summed E-state index contributed by atoms with van der Waals surface area (Å²) in [6, 6.07) is 9.76. The quantitative estimate of drug-likeness (QED) is 0.403. The normalized spacial score (nSPS) is 18.0. The maximum absolute atomic E-state index is 12.9. The molecule has 4 rings (SSSR count). The number of fused-ring (bicyclic) bond motifs is 1. The molecule has 8 nitrogen and oxygen atoms in total. The van der Waals surface area contributed by atoms with E-state index in [2.05, 4.69) is 41.8 Å². The van der Waals surface area contributed by atoms with Crippen molar-refractivity contribution < 1.29 is 14.4 Å². The van der Waals surface area contributed by atoms with E-state index in [-0.39, 0.29) is 23.8 Å². The van der Waals surface area contributed by atoms with E-state index in [1.165, 1.54) is 17.7 Å². The van der Waals surface area contributed by atoms with Crippen LogP contribution >= 0.6 is 27.3 Å². The van der Waals surface area contributed by atoms with Gasteiger partial charge in [-0.1, -0.05) is 24.3 Å². The Morgan fingerprint density at radius 3 is 2.62 bits per heavy atom. The van der Waals surface area contributed by atoms with Crippen LogP contribution < -0.4 is 16.0 Å². The van der Waals surface area contributed by atoms with E-state index < -0.39 is 12.1 Å². The number of imidazole rings is 1. The third-order valence-electron chi connectivity index (χ3n) is 5.43. The number of nitrogens with zero attached hydrogens (tertiary/aromatic N) is 1. The molecule has 0 spiro atoms. The van der Waals surface area contributed by atoms with Gasteiger partial charge in [0.2, 0.25) is 5.91 Å². The molecular weight excluding hydrogens is 494 g/mol. The van der Waals surface area contributed by atoms with E-state index in [4.69, 9.17) is 0 Å². The number of benzene rings is 1. The van der Waals surface area contributed by atoms with Gasteiger partial charge in [0.05, 0.1) is 27.1 Å². The molecule has 32 heavy (non-hydrogen) atoms. The van der Waals surface area contributed by atoms with Crippen LogP contribution in [0.25, 0.3) is 0 Å². The maximum Gasteiger partial charge on any atom is 0.272 e. The summed E-state index contributed by atoms with van der Waals surface area (Å²) < 4.78 is 0.842. The second-order valence-corrected chi connectivity index (χ2v) is 10.1.